The molecule has 0 aliphatic carbocycles. The normalized spacial score (nSPS) is 16.1. The number of hydrogen-bond donors (Lipinski definition) is 1. The van der Waals surface area contributed by atoms with Crippen LogP contribution in [0.5, 0.6) is 0 Å². The van der Waals surface area contributed by atoms with E-state index in [0.717, 1.165) is 54.1 Å². The number of carbonyl (C=O) groups is 1. The summed E-state index contributed by atoms with van der Waals surface area (Å²) >= 11 is 0. The summed E-state index contributed by atoms with van der Waals surface area (Å²) in [5.74, 6) is 7.19. The molecule has 4 aromatic rings. The van der Waals surface area contributed by atoms with Crippen molar-refractivity contribution in [3.63, 3.8) is 0 Å². The summed E-state index contributed by atoms with van der Waals surface area (Å²) in [5.41, 5.74) is 9.03. The van der Waals surface area contributed by atoms with Crippen LogP contribution in [0, 0.1) is 11.8 Å². The van der Waals surface area contributed by atoms with Gasteiger partial charge >= 0.3 is 0 Å². The van der Waals surface area contributed by atoms with E-state index in [1.54, 1.807) is 24.4 Å². The van der Waals surface area contributed by atoms with Crippen LogP contribution in [0.15, 0.2) is 71.5 Å². The molecule has 188 valence electrons. The molecule has 0 spiro atoms. The van der Waals surface area contributed by atoms with Crippen molar-refractivity contribution in [1.29, 1.82) is 0 Å². The molecule has 5 rings (SSSR count). The summed E-state index contributed by atoms with van der Waals surface area (Å²) in [4.78, 5) is 15.8. The second-order valence-electron chi connectivity index (χ2n) is 8.94. The Morgan fingerprint density at radius 3 is 2.78 bits per heavy atom. The smallest absolute Gasteiger partial charge is 0.248 e. The van der Waals surface area contributed by atoms with Gasteiger partial charge in [0.25, 0.3) is 0 Å². The van der Waals surface area contributed by atoms with Crippen molar-refractivity contribution >= 4 is 5.91 Å². The summed E-state index contributed by atoms with van der Waals surface area (Å²) < 4.78 is 19.4. The fourth-order valence-corrected chi connectivity index (χ4v) is 4.23. The highest BCUT2D eigenvalue weighted by Crippen LogP contribution is 2.25. The molecule has 8 heteroatoms. The Bertz CT molecular complexity index is 1420. The third-order valence-electron chi connectivity index (χ3n) is 6.16. The molecule has 3 heterocycles. The Kier molecular flexibility index (Phi) is 7.45. The third-order valence-corrected chi connectivity index (χ3v) is 6.16. The van der Waals surface area contributed by atoms with E-state index >= 15 is 0 Å². The number of primary amides is 1. The molecular formula is C29H28N4O4. The first-order valence-corrected chi connectivity index (χ1v) is 12.3. The first-order valence-electron chi connectivity index (χ1n) is 12.3. The summed E-state index contributed by atoms with van der Waals surface area (Å²) in [6, 6.07) is 16.6. The highest BCUT2D eigenvalue weighted by atomic mass is 16.7. The molecule has 1 aliphatic heterocycles. The van der Waals surface area contributed by atoms with E-state index in [4.69, 9.17) is 19.7 Å². The van der Waals surface area contributed by atoms with E-state index < -0.39 is 5.91 Å². The minimum absolute atomic E-state index is 0.180. The highest BCUT2D eigenvalue weighted by Gasteiger charge is 2.21. The number of nitrogens with two attached hydrogens (primary N) is 1. The van der Waals surface area contributed by atoms with Crippen molar-refractivity contribution in [2.45, 2.75) is 45.1 Å². The largest absolute Gasteiger partial charge is 0.366 e. The van der Waals surface area contributed by atoms with Crippen molar-refractivity contribution in [2.75, 3.05) is 6.61 Å². The Balaban J connectivity index is 1.23. The maximum absolute atomic E-state index is 11.4. The van der Waals surface area contributed by atoms with Gasteiger partial charge in [-0.15, -0.1) is 0 Å². The first-order chi connectivity index (χ1) is 18.0. The molecule has 2 N–H and O–H groups in total. The number of carbonyl (C=O) groups excluding carboxylic acids is 1. The summed E-state index contributed by atoms with van der Waals surface area (Å²) in [6.45, 7) is 3.25. The Morgan fingerprint density at radius 1 is 1.16 bits per heavy atom. The van der Waals surface area contributed by atoms with Crippen LogP contribution in [0.2, 0.25) is 0 Å². The minimum atomic E-state index is -0.472. The van der Waals surface area contributed by atoms with Gasteiger partial charge in [0, 0.05) is 47.3 Å². The van der Waals surface area contributed by atoms with Crippen molar-refractivity contribution < 1.29 is 18.8 Å². The van der Waals surface area contributed by atoms with Gasteiger partial charge in [0.05, 0.1) is 6.54 Å². The number of benzene rings is 2. The molecule has 0 bridgehead atoms. The SMILES string of the molecule is C[C@H](OC1CCCCO1)c1nccn1Cc1cc(-c2ccc(C#Cc3cccc(C(N)=O)c3)cc2)on1. The van der Waals surface area contributed by atoms with Gasteiger partial charge in [-0.2, -0.15) is 0 Å². The number of imidazole rings is 1. The summed E-state index contributed by atoms with van der Waals surface area (Å²) in [7, 11) is 0. The van der Waals surface area contributed by atoms with E-state index in [1.807, 2.05) is 54.1 Å². The predicted octanol–water partition coefficient (Wildman–Crippen LogP) is 4.69. The first kappa shape index (κ1) is 24.5. The van der Waals surface area contributed by atoms with Crippen LogP contribution >= 0.6 is 0 Å². The van der Waals surface area contributed by atoms with Crippen LogP contribution in [0.25, 0.3) is 11.3 Å². The Labute approximate surface area is 215 Å². The second-order valence-corrected chi connectivity index (χ2v) is 8.94. The van der Waals surface area contributed by atoms with E-state index in [1.165, 1.54) is 0 Å². The van der Waals surface area contributed by atoms with E-state index in [9.17, 15) is 4.79 Å². The average Bonchev–Trinajstić information content (AvgIpc) is 3.59. The van der Waals surface area contributed by atoms with Gasteiger partial charge in [0.1, 0.15) is 17.6 Å². The number of ether oxygens (including phenoxy) is 2. The lowest BCUT2D eigenvalue weighted by atomic mass is 10.1. The molecule has 0 saturated carbocycles. The summed E-state index contributed by atoms with van der Waals surface area (Å²) in [6.07, 6.45) is 6.41. The topological polar surface area (TPSA) is 105 Å². The highest BCUT2D eigenvalue weighted by molar-refractivity contribution is 5.93. The van der Waals surface area contributed by atoms with Crippen LogP contribution in [0.4, 0.5) is 0 Å². The maximum atomic E-state index is 11.4. The van der Waals surface area contributed by atoms with Crippen molar-refractivity contribution in [1.82, 2.24) is 14.7 Å². The van der Waals surface area contributed by atoms with E-state index in [-0.39, 0.29) is 12.4 Å². The molecular weight excluding hydrogens is 468 g/mol. The van der Waals surface area contributed by atoms with Crippen LogP contribution in [0.3, 0.4) is 0 Å². The van der Waals surface area contributed by atoms with Gasteiger partial charge in [0.15, 0.2) is 12.1 Å². The van der Waals surface area contributed by atoms with Crippen LogP contribution in [0.1, 0.15) is 65.3 Å². The van der Waals surface area contributed by atoms with Gasteiger partial charge in [-0.1, -0.05) is 23.1 Å². The van der Waals surface area contributed by atoms with Gasteiger partial charge in [-0.05, 0) is 68.7 Å². The van der Waals surface area contributed by atoms with Crippen LogP contribution in [-0.4, -0.2) is 33.5 Å². The standard InChI is InChI=1S/C29H28N4O4/c1-20(36-27-7-2-3-16-35-27)29-31-14-15-33(29)19-25-18-26(37-32-25)23-12-10-21(11-13-23)8-9-22-5-4-6-24(17-22)28(30)34/h4-6,10-15,17-18,20,27H,2-3,7,16,19H2,1H3,(H2,30,34)/t20-,27?/m0/s1. The Morgan fingerprint density at radius 2 is 2.00 bits per heavy atom. The number of rotatable bonds is 7. The predicted molar refractivity (Wildman–Crippen MR) is 137 cm³/mol. The lowest BCUT2D eigenvalue weighted by molar-refractivity contribution is -0.188. The molecule has 0 radical (unpaired) electrons. The second kappa shape index (κ2) is 11.2. The zero-order valence-electron chi connectivity index (χ0n) is 20.6. The molecule has 1 unspecified atom stereocenters. The molecule has 2 atom stereocenters. The van der Waals surface area contributed by atoms with Crippen molar-refractivity contribution in [3.05, 3.63) is 95.2 Å². The fourth-order valence-electron chi connectivity index (χ4n) is 4.23. The molecule has 1 amide bonds. The Hall–Kier alpha value is -4.19. The molecule has 1 aliphatic rings. The lowest BCUT2D eigenvalue weighted by Gasteiger charge is -2.26. The molecule has 1 fully saturated rings. The number of hydrogen-bond acceptors (Lipinski definition) is 6. The molecule has 8 nitrogen and oxygen atoms in total. The summed E-state index contributed by atoms with van der Waals surface area (Å²) in [5, 5.41) is 4.25. The number of aromatic nitrogens is 3. The van der Waals surface area contributed by atoms with E-state index in [2.05, 4.69) is 22.0 Å². The number of nitrogens with zero attached hydrogens (tertiary/aromatic N) is 3. The fraction of sp³-hybridized carbons (Fsp3) is 0.276. The van der Waals surface area contributed by atoms with Gasteiger partial charge in [-0.25, -0.2) is 4.98 Å². The van der Waals surface area contributed by atoms with Gasteiger partial charge in [-0.3, -0.25) is 4.79 Å². The molecule has 37 heavy (non-hydrogen) atoms. The zero-order valence-corrected chi connectivity index (χ0v) is 20.6. The van der Waals surface area contributed by atoms with Gasteiger partial charge in [0.2, 0.25) is 5.91 Å². The maximum Gasteiger partial charge on any atom is 0.248 e. The van der Waals surface area contributed by atoms with Crippen LogP contribution < -0.4 is 5.73 Å². The molecule has 2 aromatic heterocycles. The molecule has 2 aromatic carbocycles. The van der Waals surface area contributed by atoms with Crippen molar-refractivity contribution in [2.24, 2.45) is 5.73 Å². The van der Waals surface area contributed by atoms with Gasteiger partial charge < -0.3 is 24.3 Å². The van der Waals surface area contributed by atoms with Crippen molar-refractivity contribution in [3.8, 4) is 23.2 Å². The van der Waals surface area contributed by atoms with Crippen LogP contribution in [-0.2, 0) is 16.0 Å². The third kappa shape index (κ3) is 6.15. The quantitative estimate of drug-likeness (QED) is 0.372. The molecule has 1 saturated heterocycles. The monoisotopic (exact) mass is 496 g/mol. The van der Waals surface area contributed by atoms with E-state index in [0.29, 0.717) is 17.9 Å². The zero-order chi connectivity index (χ0) is 25.6. The average molecular weight is 497 g/mol. The lowest BCUT2D eigenvalue weighted by Crippen LogP contribution is -2.24. The number of amides is 1. The minimum Gasteiger partial charge on any atom is -0.366 e.